The Labute approximate surface area is 149 Å². The molecule has 0 aliphatic rings. The summed E-state index contributed by atoms with van der Waals surface area (Å²) in [4.78, 5) is 9.31. The van der Waals surface area contributed by atoms with E-state index in [4.69, 9.17) is 4.98 Å². The maximum absolute atomic E-state index is 4.72. The first-order chi connectivity index (χ1) is 12.8. The van der Waals surface area contributed by atoms with Gasteiger partial charge in [0, 0.05) is 5.56 Å². The van der Waals surface area contributed by atoms with Crippen molar-refractivity contribution in [1.82, 2.24) is 29.4 Å². The first-order valence-electron chi connectivity index (χ1n) is 8.58. The van der Waals surface area contributed by atoms with Crippen LogP contribution >= 0.6 is 0 Å². The maximum Gasteiger partial charge on any atom is 0.182 e. The van der Waals surface area contributed by atoms with Gasteiger partial charge in [-0.3, -0.25) is 0 Å². The molecule has 0 fully saturated rings. The molecular weight excluding hydrogens is 324 g/mol. The summed E-state index contributed by atoms with van der Waals surface area (Å²) in [5, 5.41) is 10.0. The zero-order valence-electron chi connectivity index (χ0n) is 14.2. The monoisotopic (exact) mass is 340 g/mol. The highest BCUT2D eigenvalue weighted by Gasteiger charge is 2.15. The molecule has 0 radical (unpaired) electrons. The minimum Gasteiger partial charge on any atom is -0.216 e. The van der Waals surface area contributed by atoms with Crippen LogP contribution in [0.5, 0.6) is 0 Å². The Morgan fingerprint density at radius 1 is 0.923 bits per heavy atom. The molecule has 0 saturated heterocycles. The van der Waals surface area contributed by atoms with E-state index in [-0.39, 0.29) is 0 Å². The molecule has 0 amide bonds. The normalized spacial score (nSPS) is 11.4. The van der Waals surface area contributed by atoms with Gasteiger partial charge in [-0.2, -0.15) is 5.10 Å². The van der Waals surface area contributed by atoms with Gasteiger partial charge in [0.2, 0.25) is 0 Å². The second-order valence-electron chi connectivity index (χ2n) is 6.09. The van der Waals surface area contributed by atoms with E-state index in [1.807, 2.05) is 53.3 Å². The number of hydrogen-bond acceptors (Lipinski definition) is 4. The first-order valence-corrected chi connectivity index (χ1v) is 8.58. The van der Waals surface area contributed by atoms with Crippen molar-refractivity contribution in [2.75, 3.05) is 0 Å². The first kappa shape index (κ1) is 14.8. The van der Waals surface area contributed by atoms with Gasteiger partial charge in [0.15, 0.2) is 17.1 Å². The number of hydrogen-bond donors (Lipinski definition) is 0. The van der Waals surface area contributed by atoms with Crippen LogP contribution in [0, 0.1) is 0 Å². The van der Waals surface area contributed by atoms with E-state index in [0.29, 0.717) is 5.82 Å². The minimum atomic E-state index is 0.682. The number of nitrogens with zero attached hydrogens (tertiary/aromatic N) is 6. The molecule has 0 saturated carbocycles. The zero-order valence-corrected chi connectivity index (χ0v) is 14.2. The van der Waals surface area contributed by atoms with Crippen LogP contribution in [0.2, 0.25) is 0 Å². The van der Waals surface area contributed by atoms with Crippen molar-refractivity contribution in [3.05, 3.63) is 72.7 Å². The van der Waals surface area contributed by atoms with Gasteiger partial charge in [-0.15, -0.1) is 5.10 Å². The molecule has 0 spiro atoms. The van der Waals surface area contributed by atoms with Gasteiger partial charge in [0.05, 0.1) is 17.3 Å². The third-order valence-corrected chi connectivity index (χ3v) is 4.54. The molecule has 0 unspecified atom stereocenters. The fourth-order valence-corrected chi connectivity index (χ4v) is 3.22. The molecule has 6 heteroatoms. The Balaban J connectivity index is 1.73. The minimum absolute atomic E-state index is 0.682. The van der Waals surface area contributed by atoms with Crippen LogP contribution < -0.4 is 0 Å². The van der Waals surface area contributed by atoms with Crippen LogP contribution in [0.4, 0.5) is 0 Å². The Kier molecular flexibility index (Phi) is 3.28. The molecule has 0 aliphatic heterocycles. The Bertz CT molecular complexity index is 1220. The highest BCUT2D eigenvalue weighted by atomic mass is 15.3. The van der Waals surface area contributed by atoms with Crippen LogP contribution in [-0.2, 0) is 6.42 Å². The van der Waals surface area contributed by atoms with Crippen molar-refractivity contribution in [3.63, 3.8) is 0 Å². The average Bonchev–Trinajstić information content (AvgIpc) is 3.32. The number of aryl methyl sites for hydroxylation is 1. The fraction of sp³-hybridized carbons (Fsp3) is 0.100. The lowest BCUT2D eigenvalue weighted by atomic mass is 10.1. The topological polar surface area (TPSA) is 60.9 Å². The van der Waals surface area contributed by atoms with Crippen LogP contribution in [-0.4, -0.2) is 29.4 Å². The SMILES string of the molecule is CCc1ccccc1-n1ncc2c1ncn1nc(-c3ccccc3)nc21. The third kappa shape index (κ3) is 2.19. The number of benzene rings is 2. The molecular formula is C20H16N6. The largest absolute Gasteiger partial charge is 0.216 e. The standard InChI is InChI=1S/C20H16N6/c1-2-14-8-6-7-11-17(14)26-19-16(12-22-26)20-23-18(24-25(20)13-21-19)15-9-4-3-5-10-15/h3-13H,2H2,1H3. The van der Waals surface area contributed by atoms with Crippen molar-refractivity contribution in [2.24, 2.45) is 0 Å². The highest BCUT2D eigenvalue weighted by molar-refractivity contribution is 5.90. The molecule has 0 bridgehead atoms. The number of rotatable bonds is 3. The van der Waals surface area contributed by atoms with Gasteiger partial charge >= 0.3 is 0 Å². The summed E-state index contributed by atoms with van der Waals surface area (Å²) in [6.07, 6.45) is 4.44. The van der Waals surface area contributed by atoms with Crippen LogP contribution in [0.3, 0.4) is 0 Å². The van der Waals surface area contributed by atoms with Gasteiger partial charge in [-0.25, -0.2) is 19.2 Å². The quantitative estimate of drug-likeness (QED) is 0.502. The van der Waals surface area contributed by atoms with E-state index in [9.17, 15) is 0 Å². The maximum atomic E-state index is 4.72. The predicted octanol–water partition coefficient (Wildman–Crippen LogP) is 3.69. The smallest absolute Gasteiger partial charge is 0.182 e. The lowest BCUT2D eigenvalue weighted by Gasteiger charge is -2.08. The number of para-hydroxylation sites is 1. The van der Waals surface area contributed by atoms with E-state index in [1.54, 1.807) is 10.8 Å². The van der Waals surface area contributed by atoms with E-state index < -0.39 is 0 Å². The van der Waals surface area contributed by atoms with Gasteiger partial charge < -0.3 is 0 Å². The average molecular weight is 340 g/mol. The van der Waals surface area contributed by atoms with E-state index in [2.05, 4.69) is 34.2 Å². The molecule has 0 N–H and O–H groups in total. The third-order valence-electron chi connectivity index (χ3n) is 4.54. The van der Waals surface area contributed by atoms with E-state index in [0.717, 1.165) is 34.4 Å². The Hall–Kier alpha value is -3.54. The van der Waals surface area contributed by atoms with Gasteiger partial charge in [0.1, 0.15) is 6.33 Å². The summed E-state index contributed by atoms with van der Waals surface area (Å²) in [6, 6.07) is 18.2. The van der Waals surface area contributed by atoms with Gasteiger partial charge in [0.25, 0.3) is 0 Å². The fourth-order valence-electron chi connectivity index (χ4n) is 3.22. The molecule has 26 heavy (non-hydrogen) atoms. The van der Waals surface area contributed by atoms with Crippen molar-refractivity contribution >= 4 is 16.7 Å². The molecule has 126 valence electrons. The number of aromatic nitrogens is 6. The predicted molar refractivity (Wildman–Crippen MR) is 100 cm³/mol. The van der Waals surface area contributed by atoms with Crippen LogP contribution in [0.25, 0.3) is 33.8 Å². The zero-order chi connectivity index (χ0) is 17.5. The molecule has 5 aromatic rings. The van der Waals surface area contributed by atoms with E-state index in [1.165, 1.54) is 5.56 Å². The molecule has 6 nitrogen and oxygen atoms in total. The Morgan fingerprint density at radius 2 is 1.73 bits per heavy atom. The van der Waals surface area contributed by atoms with Crippen molar-refractivity contribution in [2.45, 2.75) is 13.3 Å². The summed E-state index contributed by atoms with van der Waals surface area (Å²) < 4.78 is 3.59. The van der Waals surface area contributed by atoms with Crippen molar-refractivity contribution in [3.8, 4) is 17.1 Å². The van der Waals surface area contributed by atoms with E-state index >= 15 is 0 Å². The highest BCUT2D eigenvalue weighted by Crippen LogP contribution is 2.24. The second-order valence-corrected chi connectivity index (χ2v) is 6.09. The second kappa shape index (κ2) is 5.77. The summed E-state index contributed by atoms with van der Waals surface area (Å²) >= 11 is 0. The summed E-state index contributed by atoms with van der Waals surface area (Å²) in [5.41, 5.74) is 4.79. The molecule has 5 rings (SSSR count). The summed E-state index contributed by atoms with van der Waals surface area (Å²) in [7, 11) is 0. The van der Waals surface area contributed by atoms with Crippen LogP contribution in [0.1, 0.15) is 12.5 Å². The molecule has 0 aliphatic carbocycles. The summed E-state index contributed by atoms with van der Waals surface area (Å²) in [5.74, 6) is 0.682. The van der Waals surface area contributed by atoms with Gasteiger partial charge in [-0.1, -0.05) is 55.5 Å². The molecule has 2 aromatic carbocycles. The van der Waals surface area contributed by atoms with Gasteiger partial charge in [-0.05, 0) is 18.1 Å². The molecule has 3 heterocycles. The lowest BCUT2D eigenvalue weighted by molar-refractivity contribution is 0.868. The van der Waals surface area contributed by atoms with Crippen molar-refractivity contribution < 1.29 is 0 Å². The Morgan fingerprint density at radius 3 is 2.58 bits per heavy atom. The molecule has 0 atom stereocenters. The lowest BCUT2D eigenvalue weighted by Crippen LogP contribution is -2.02. The van der Waals surface area contributed by atoms with Crippen LogP contribution in [0.15, 0.2) is 67.1 Å². The summed E-state index contributed by atoms with van der Waals surface area (Å²) in [6.45, 7) is 2.14. The number of fused-ring (bicyclic) bond motifs is 3. The van der Waals surface area contributed by atoms with Crippen molar-refractivity contribution in [1.29, 1.82) is 0 Å². The molecule has 3 aromatic heterocycles.